The second-order valence-electron chi connectivity index (χ2n) is 3.84. The Hall–Kier alpha value is -0.840. The molecule has 0 aliphatic carbocycles. The quantitative estimate of drug-likeness (QED) is 0.850. The first kappa shape index (κ1) is 12.2. The summed E-state index contributed by atoms with van der Waals surface area (Å²) in [6.07, 6.45) is 2.49. The molecule has 1 aromatic heterocycles. The molecule has 15 heavy (non-hydrogen) atoms. The first-order valence-electron chi connectivity index (χ1n) is 4.89. The van der Waals surface area contributed by atoms with E-state index in [0.717, 1.165) is 11.8 Å². The second kappa shape index (κ2) is 4.79. The SMILES string of the molecule is CCC(C)(CBr)NC(=O)c1ccnn1C. The van der Waals surface area contributed by atoms with Crippen LogP contribution in [0.1, 0.15) is 30.8 Å². The molecule has 0 radical (unpaired) electrons. The fourth-order valence-electron chi connectivity index (χ4n) is 1.15. The Bertz CT molecular complexity index is 344. The van der Waals surface area contributed by atoms with E-state index in [1.165, 1.54) is 0 Å². The third-order valence-corrected chi connectivity index (χ3v) is 3.78. The second-order valence-corrected chi connectivity index (χ2v) is 4.40. The summed E-state index contributed by atoms with van der Waals surface area (Å²) in [5.74, 6) is -0.0844. The van der Waals surface area contributed by atoms with E-state index in [-0.39, 0.29) is 11.4 Å². The maximum Gasteiger partial charge on any atom is 0.269 e. The number of hydrogen-bond acceptors (Lipinski definition) is 2. The minimum Gasteiger partial charge on any atom is -0.345 e. The summed E-state index contributed by atoms with van der Waals surface area (Å²) in [5.41, 5.74) is 0.372. The molecule has 1 rings (SSSR count). The van der Waals surface area contributed by atoms with E-state index in [2.05, 4.69) is 26.3 Å². The lowest BCUT2D eigenvalue weighted by molar-refractivity contribution is 0.0903. The molecule has 84 valence electrons. The summed E-state index contributed by atoms with van der Waals surface area (Å²) in [6, 6.07) is 1.71. The molecule has 1 unspecified atom stereocenters. The maximum absolute atomic E-state index is 11.9. The van der Waals surface area contributed by atoms with Crippen molar-refractivity contribution in [2.24, 2.45) is 7.05 Å². The minimum absolute atomic E-state index is 0.0844. The van der Waals surface area contributed by atoms with Crippen LogP contribution in [0.4, 0.5) is 0 Å². The van der Waals surface area contributed by atoms with Gasteiger partial charge in [0.15, 0.2) is 0 Å². The monoisotopic (exact) mass is 273 g/mol. The van der Waals surface area contributed by atoms with E-state index in [4.69, 9.17) is 0 Å². The van der Waals surface area contributed by atoms with Crippen LogP contribution in [0.25, 0.3) is 0 Å². The summed E-state index contributed by atoms with van der Waals surface area (Å²) < 4.78 is 1.57. The number of rotatable bonds is 4. The zero-order valence-electron chi connectivity index (χ0n) is 9.25. The highest BCUT2D eigenvalue weighted by Gasteiger charge is 2.24. The van der Waals surface area contributed by atoms with Gasteiger partial charge in [-0.15, -0.1) is 0 Å². The number of hydrogen-bond donors (Lipinski definition) is 1. The van der Waals surface area contributed by atoms with Crippen molar-refractivity contribution in [2.45, 2.75) is 25.8 Å². The smallest absolute Gasteiger partial charge is 0.269 e. The fourth-order valence-corrected chi connectivity index (χ4v) is 1.69. The van der Waals surface area contributed by atoms with Crippen molar-refractivity contribution in [3.8, 4) is 0 Å². The van der Waals surface area contributed by atoms with Crippen molar-refractivity contribution < 1.29 is 4.79 Å². The van der Waals surface area contributed by atoms with Gasteiger partial charge in [-0.2, -0.15) is 5.10 Å². The van der Waals surface area contributed by atoms with Gasteiger partial charge in [0.1, 0.15) is 5.69 Å². The molecule has 1 atom stereocenters. The van der Waals surface area contributed by atoms with Gasteiger partial charge in [-0.1, -0.05) is 22.9 Å². The van der Waals surface area contributed by atoms with Gasteiger partial charge < -0.3 is 5.32 Å². The van der Waals surface area contributed by atoms with Crippen LogP contribution in [-0.4, -0.2) is 26.6 Å². The van der Waals surface area contributed by atoms with Gasteiger partial charge in [0, 0.05) is 24.1 Å². The molecule has 1 N–H and O–H groups in total. The lowest BCUT2D eigenvalue weighted by atomic mass is 10.0. The van der Waals surface area contributed by atoms with E-state index in [1.54, 1.807) is 24.0 Å². The number of alkyl halides is 1. The summed E-state index contributed by atoms with van der Waals surface area (Å²) in [5, 5.41) is 7.69. The van der Waals surface area contributed by atoms with Crippen LogP contribution in [0.15, 0.2) is 12.3 Å². The summed E-state index contributed by atoms with van der Waals surface area (Å²) >= 11 is 3.41. The van der Waals surface area contributed by atoms with Gasteiger partial charge in [0.25, 0.3) is 5.91 Å². The van der Waals surface area contributed by atoms with E-state index < -0.39 is 0 Å². The molecule has 1 aromatic rings. The largest absolute Gasteiger partial charge is 0.345 e. The van der Waals surface area contributed by atoms with Crippen molar-refractivity contribution in [3.63, 3.8) is 0 Å². The Morgan fingerprint density at radius 2 is 2.40 bits per heavy atom. The molecular weight excluding hydrogens is 258 g/mol. The lowest BCUT2D eigenvalue weighted by Crippen LogP contribution is -2.47. The van der Waals surface area contributed by atoms with Gasteiger partial charge >= 0.3 is 0 Å². The molecule has 1 heterocycles. The topological polar surface area (TPSA) is 46.9 Å². The van der Waals surface area contributed by atoms with Crippen molar-refractivity contribution in [2.75, 3.05) is 5.33 Å². The standard InChI is InChI=1S/C10H16BrN3O/c1-4-10(2,7-11)13-9(15)8-5-6-12-14(8)3/h5-6H,4,7H2,1-3H3,(H,13,15). The number of aromatic nitrogens is 2. The molecule has 0 bridgehead atoms. The van der Waals surface area contributed by atoms with E-state index in [1.807, 2.05) is 13.8 Å². The Morgan fingerprint density at radius 3 is 2.80 bits per heavy atom. The van der Waals surface area contributed by atoms with Crippen molar-refractivity contribution in [3.05, 3.63) is 18.0 Å². The average Bonchev–Trinajstić information content (AvgIpc) is 2.64. The molecule has 0 aromatic carbocycles. The van der Waals surface area contributed by atoms with Crippen molar-refractivity contribution in [1.82, 2.24) is 15.1 Å². The van der Waals surface area contributed by atoms with E-state index in [0.29, 0.717) is 5.69 Å². The van der Waals surface area contributed by atoms with E-state index in [9.17, 15) is 4.79 Å². The van der Waals surface area contributed by atoms with Crippen LogP contribution in [0.3, 0.4) is 0 Å². The predicted molar refractivity (Wildman–Crippen MR) is 63.2 cm³/mol. The first-order chi connectivity index (χ1) is 7.02. The normalized spacial score (nSPS) is 14.7. The Labute approximate surface area is 98.2 Å². The Morgan fingerprint density at radius 1 is 1.73 bits per heavy atom. The molecule has 0 aliphatic rings. The van der Waals surface area contributed by atoms with Crippen LogP contribution in [-0.2, 0) is 7.05 Å². The molecule has 0 saturated carbocycles. The van der Waals surface area contributed by atoms with Gasteiger partial charge in [-0.05, 0) is 19.4 Å². The number of aryl methyl sites for hydroxylation is 1. The predicted octanol–water partition coefficient (Wildman–Crippen LogP) is 1.71. The molecule has 0 saturated heterocycles. The van der Waals surface area contributed by atoms with Crippen LogP contribution in [0.2, 0.25) is 0 Å². The van der Waals surface area contributed by atoms with Gasteiger partial charge in [0.05, 0.1) is 0 Å². The van der Waals surface area contributed by atoms with E-state index >= 15 is 0 Å². The number of carbonyl (C=O) groups excluding carboxylic acids is 1. The molecule has 5 heteroatoms. The number of carbonyl (C=O) groups is 1. The lowest BCUT2D eigenvalue weighted by Gasteiger charge is -2.27. The zero-order chi connectivity index (χ0) is 11.5. The fraction of sp³-hybridized carbons (Fsp3) is 0.600. The average molecular weight is 274 g/mol. The summed E-state index contributed by atoms with van der Waals surface area (Å²) in [7, 11) is 1.76. The van der Waals surface area contributed by atoms with Crippen LogP contribution < -0.4 is 5.32 Å². The molecule has 0 aliphatic heterocycles. The number of nitrogens with one attached hydrogen (secondary N) is 1. The Kier molecular flexibility index (Phi) is 3.90. The molecule has 0 fully saturated rings. The molecular formula is C10H16BrN3O. The molecule has 0 spiro atoms. The molecule has 1 amide bonds. The van der Waals surface area contributed by atoms with Gasteiger partial charge in [-0.25, -0.2) is 0 Å². The number of nitrogens with zero attached hydrogens (tertiary/aromatic N) is 2. The maximum atomic E-state index is 11.9. The number of amides is 1. The van der Waals surface area contributed by atoms with Gasteiger partial charge in [-0.3, -0.25) is 9.48 Å². The van der Waals surface area contributed by atoms with Crippen molar-refractivity contribution >= 4 is 21.8 Å². The highest BCUT2D eigenvalue weighted by atomic mass is 79.9. The first-order valence-corrected chi connectivity index (χ1v) is 6.01. The highest BCUT2D eigenvalue weighted by Crippen LogP contribution is 2.13. The van der Waals surface area contributed by atoms with Gasteiger partial charge in [0.2, 0.25) is 0 Å². The summed E-state index contributed by atoms with van der Waals surface area (Å²) in [4.78, 5) is 11.9. The van der Waals surface area contributed by atoms with Crippen LogP contribution >= 0.6 is 15.9 Å². The van der Waals surface area contributed by atoms with Crippen LogP contribution in [0, 0.1) is 0 Å². The number of halogens is 1. The highest BCUT2D eigenvalue weighted by molar-refractivity contribution is 9.09. The third-order valence-electron chi connectivity index (χ3n) is 2.54. The van der Waals surface area contributed by atoms with Crippen molar-refractivity contribution in [1.29, 1.82) is 0 Å². The minimum atomic E-state index is -0.207. The third kappa shape index (κ3) is 2.81. The van der Waals surface area contributed by atoms with Crippen LogP contribution in [0.5, 0.6) is 0 Å². The Balaban J connectivity index is 2.76. The zero-order valence-corrected chi connectivity index (χ0v) is 10.8. The molecule has 4 nitrogen and oxygen atoms in total. The summed E-state index contributed by atoms with van der Waals surface area (Å²) in [6.45, 7) is 4.06.